The lowest BCUT2D eigenvalue weighted by atomic mass is 9.49. The molecule has 1 aromatic rings. The molecular formula is C33H40N2O8. The number of fused-ring (bicyclic) bond motifs is 3. The van der Waals surface area contributed by atoms with Gasteiger partial charge in [-0.15, -0.1) is 0 Å². The Labute approximate surface area is 250 Å². The molecule has 2 fully saturated rings. The quantitative estimate of drug-likeness (QED) is 0.343. The second kappa shape index (κ2) is 10.6. The number of nitrogens with zero attached hydrogens (tertiary/aromatic N) is 1. The maximum absolute atomic E-state index is 14.2. The molecular weight excluding hydrogens is 552 g/mol. The molecule has 1 amide bonds. The fraction of sp³-hybridized carbons (Fsp3) is 0.545. The van der Waals surface area contributed by atoms with Gasteiger partial charge in [0.05, 0.1) is 29.5 Å². The van der Waals surface area contributed by atoms with E-state index in [1.54, 1.807) is 19.1 Å². The Morgan fingerprint density at radius 2 is 1.70 bits per heavy atom. The van der Waals surface area contributed by atoms with Crippen LogP contribution in [-0.4, -0.2) is 81.1 Å². The third kappa shape index (κ3) is 4.45. The van der Waals surface area contributed by atoms with Gasteiger partial charge in [-0.05, 0) is 49.8 Å². The Bertz CT molecular complexity index is 1460. The number of phenols is 1. The number of likely N-dealkylation sites (N-methyl/N-ethyl adjacent to an activating group) is 1. The monoisotopic (exact) mass is 592 g/mol. The molecule has 230 valence electrons. The number of carbonyl (C=O) groups is 5. The van der Waals surface area contributed by atoms with E-state index in [1.165, 1.54) is 19.0 Å². The first-order valence-corrected chi connectivity index (χ1v) is 14.8. The Balaban J connectivity index is 1.56. The van der Waals surface area contributed by atoms with E-state index in [0.29, 0.717) is 17.0 Å². The van der Waals surface area contributed by atoms with E-state index in [9.17, 15) is 39.3 Å². The number of benzene rings is 1. The number of allylic oxidation sites excluding steroid dienone is 4. The summed E-state index contributed by atoms with van der Waals surface area (Å²) in [6.45, 7) is 5.65. The summed E-state index contributed by atoms with van der Waals surface area (Å²) in [5, 5.41) is 35.1. The van der Waals surface area contributed by atoms with E-state index in [2.05, 4.69) is 12.2 Å². The highest BCUT2D eigenvalue weighted by Gasteiger charge is 2.72. The number of hydrogen-bond acceptors (Lipinski definition) is 9. The number of hydrogen-bond donors (Lipinski definition) is 4. The molecule has 0 saturated heterocycles. The summed E-state index contributed by atoms with van der Waals surface area (Å²) >= 11 is 0. The maximum atomic E-state index is 14.2. The van der Waals surface area contributed by atoms with E-state index in [-0.39, 0.29) is 11.3 Å². The molecule has 1 aromatic carbocycles. The van der Waals surface area contributed by atoms with Crippen molar-refractivity contribution >= 4 is 29.0 Å². The predicted octanol–water partition coefficient (Wildman–Crippen LogP) is 1.59. The topological polar surface area (TPSA) is 175 Å². The molecule has 10 nitrogen and oxygen atoms in total. The fourth-order valence-corrected chi connectivity index (χ4v) is 8.12. The zero-order valence-electron chi connectivity index (χ0n) is 25.1. The van der Waals surface area contributed by atoms with E-state index in [1.807, 2.05) is 26.0 Å². The summed E-state index contributed by atoms with van der Waals surface area (Å²) in [4.78, 5) is 68.7. The SMILES string of the molecule is C[C@H]1c2ccc(C(C)(C)CCCC3C=CC=C3)c(O)c2C(=O)C2C(=O)[C@]3(O)C(=O)C(C(N)=O)C(=O)[C@@H](N(C)C)[C@@H]3[C@@H](O)[C@@H]21. The highest BCUT2D eigenvalue weighted by Crippen LogP contribution is 2.55. The summed E-state index contributed by atoms with van der Waals surface area (Å²) < 4.78 is 0. The Morgan fingerprint density at radius 1 is 1.07 bits per heavy atom. The first kappa shape index (κ1) is 31.0. The normalized spacial score (nSPS) is 34.0. The molecule has 2 unspecified atom stereocenters. The van der Waals surface area contributed by atoms with Gasteiger partial charge in [-0.2, -0.15) is 0 Å². The number of aliphatic hydroxyl groups is 2. The molecule has 5 rings (SSSR count). The zero-order valence-corrected chi connectivity index (χ0v) is 25.1. The lowest BCUT2D eigenvalue weighted by molar-refractivity contribution is -0.196. The van der Waals surface area contributed by atoms with Crippen LogP contribution in [0.5, 0.6) is 5.75 Å². The molecule has 8 atom stereocenters. The summed E-state index contributed by atoms with van der Waals surface area (Å²) in [5.74, 6) is -12.7. The van der Waals surface area contributed by atoms with Crippen LogP contribution in [-0.2, 0) is 24.6 Å². The average molecular weight is 593 g/mol. The van der Waals surface area contributed by atoms with E-state index < -0.39 is 81.8 Å². The predicted molar refractivity (Wildman–Crippen MR) is 156 cm³/mol. The molecule has 5 N–H and O–H groups in total. The standard InChI is InChI=1S/C33H40N2O8/c1-15-17-12-13-18(32(2,3)14-8-11-16-9-6-7-10-16)25(36)20(17)26(37)21-19(15)27(38)23-24(35(4)5)28(39)22(31(34)42)30(41)33(23,43)29(21)40/h6-7,9-10,12-13,15-16,19,21-24,27,36,38,43H,8,11,14H2,1-5H3,(H2,34,42)/t15-,19+,21?,22?,23+,24-,27-,33-/m0/s1. The zero-order chi connectivity index (χ0) is 31.8. The highest BCUT2D eigenvalue weighted by molar-refractivity contribution is 6.32. The summed E-state index contributed by atoms with van der Waals surface area (Å²) in [6, 6.07) is 2.11. The van der Waals surface area contributed by atoms with Gasteiger partial charge < -0.3 is 21.1 Å². The lowest BCUT2D eigenvalue weighted by Gasteiger charge is -2.56. The van der Waals surface area contributed by atoms with Crippen LogP contribution in [0.15, 0.2) is 36.4 Å². The second-order valence-corrected chi connectivity index (χ2v) is 13.5. The van der Waals surface area contributed by atoms with Crippen LogP contribution in [0.3, 0.4) is 0 Å². The van der Waals surface area contributed by atoms with Gasteiger partial charge in [-0.1, -0.05) is 63.6 Å². The van der Waals surface area contributed by atoms with Crippen LogP contribution < -0.4 is 5.73 Å². The number of aliphatic hydroxyl groups excluding tert-OH is 1. The molecule has 0 radical (unpaired) electrons. The third-order valence-electron chi connectivity index (χ3n) is 10.4. The molecule has 4 aliphatic rings. The average Bonchev–Trinajstić information content (AvgIpc) is 3.43. The van der Waals surface area contributed by atoms with Crippen molar-refractivity contribution in [3.05, 3.63) is 53.1 Å². The Morgan fingerprint density at radius 3 is 2.28 bits per heavy atom. The van der Waals surface area contributed by atoms with Gasteiger partial charge in [0.1, 0.15) is 5.75 Å². The largest absolute Gasteiger partial charge is 0.507 e. The lowest BCUT2D eigenvalue weighted by Crippen LogP contribution is -2.77. The number of phenolic OH excluding ortho intramolecular Hbond substituents is 1. The van der Waals surface area contributed by atoms with Crippen molar-refractivity contribution in [3.63, 3.8) is 0 Å². The van der Waals surface area contributed by atoms with Gasteiger partial charge >= 0.3 is 0 Å². The van der Waals surface area contributed by atoms with Crippen LogP contribution in [0.4, 0.5) is 0 Å². The molecule has 0 spiro atoms. The molecule has 43 heavy (non-hydrogen) atoms. The van der Waals surface area contributed by atoms with Crippen LogP contribution in [0.2, 0.25) is 0 Å². The van der Waals surface area contributed by atoms with Crippen LogP contribution in [0.1, 0.15) is 67.4 Å². The number of rotatable bonds is 7. The molecule has 2 saturated carbocycles. The number of Topliss-reactive ketones (excluding diaryl/α,β-unsaturated/α-hetero) is 4. The second-order valence-electron chi connectivity index (χ2n) is 13.5. The van der Waals surface area contributed by atoms with Gasteiger partial charge in [-0.3, -0.25) is 28.9 Å². The van der Waals surface area contributed by atoms with E-state index >= 15 is 0 Å². The van der Waals surface area contributed by atoms with Crippen molar-refractivity contribution in [2.75, 3.05) is 14.1 Å². The third-order valence-corrected chi connectivity index (χ3v) is 10.4. The van der Waals surface area contributed by atoms with Crippen molar-refractivity contribution in [1.82, 2.24) is 4.90 Å². The summed E-state index contributed by atoms with van der Waals surface area (Å²) in [7, 11) is 2.93. The Hall–Kier alpha value is -3.47. The summed E-state index contributed by atoms with van der Waals surface area (Å²) in [5.41, 5.74) is 2.73. The van der Waals surface area contributed by atoms with Gasteiger partial charge in [-0.25, -0.2) is 0 Å². The van der Waals surface area contributed by atoms with Gasteiger partial charge in [0.15, 0.2) is 34.7 Å². The smallest absolute Gasteiger partial charge is 0.235 e. The number of nitrogens with two attached hydrogens (primary N) is 1. The molecule has 10 heteroatoms. The van der Waals surface area contributed by atoms with Crippen LogP contribution in [0, 0.1) is 29.6 Å². The van der Waals surface area contributed by atoms with Crippen molar-refractivity contribution < 1.29 is 39.3 Å². The first-order chi connectivity index (χ1) is 20.1. The fourth-order valence-electron chi connectivity index (χ4n) is 8.12. The number of ketones is 4. The molecule has 0 heterocycles. The highest BCUT2D eigenvalue weighted by atomic mass is 16.3. The van der Waals surface area contributed by atoms with Crippen molar-refractivity contribution in [1.29, 1.82) is 0 Å². The van der Waals surface area contributed by atoms with Crippen molar-refractivity contribution in [3.8, 4) is 5.75 Å². The minimum atomic E-state index is -3.01. The van der Waals surface area contributed by atoms with Crippen LogP contribution in [0.25, 0.3) is 0 Å². The first-order valence-electron chi connectivity index (χ1n) is 14.8. The molecule has 0 bridgehead atoms. The molecule has 4 aliphatic carbocycles. The Kier molecular flexibility index (Phi) is 7.64. The maximum Gasteiger partial charge on any atom is 0.235 e. The van der Waals surface area contributed by atoms with Crippen molar-refractivity contribution in [2.24, 2.45) is 35.3 Å². The molecule has 0 aromatic heterocycles. The van der Waals surface area contributed by atoms with Gasteiger partial charge in [0.2, 0.25) is 5.91 Å². The van der Waals surface area contributed by atoms with Crippen molar-refractivity contribution in [2.45, 2.75) is 69.1 Å². The minimum Gasteiger partial charge on any atom is -0.507 e. The van der Waals surface area contributed by atoms with Crippen LogP contribution >= 0.6 is 0 Å². The van der Waals surface area contributed by atoms with Gasteiger partial charge in [0, 0.05) is 11.5 Å². The number of amides is 1. The number of aromatic hydroxyl groups is 1. The van der Waals surface area contributed by atoms with E-state index in [0.717, 1.165) is 19.3 Å². The molecule has 0 aliphatic heterocycles. The van der Waals surface area contributed by atoms with E-state index in [4.69, 9.17) is 5.73 Å². The number of carbonyl (C=O) groups excluding carboxylic acids is 5. The van der Waals surface area contributed by atoms with Gasteiger partial charge in [0.25, 0.3) is 0 Å². The number of primary amides is 1. The minimum absolute atomic E-state index is 0.0708. The summed E-state index contributed by atoms with van der Waals surface area (Å²) in [6.07, 6.45) is 9.17.